The molecule has 1 aromatic heterocycles. The highest BCUT2D eigenvalue weighted by atomic mass is 16.3. The third-order valence-corrected chi connectivity index (χ3v) is 1.84. The molecule has 0 saturated carbocycles. The Kier molecular flexibility index (Phi) is 4.26. The van der Waals surface area contributed by atoms with E-state index < -0.39 is 6.10 Å². The number of carbonyl (C=O) groups excluding carboxylic acids is 1. The lowest BCUT2D eigenvalue weighted by molar-refractivity contribution is -0.115. The van der Waals surface area contributed by atoms with Gasteiger partial charge in [-0.1, -0.05) is 6.92 Å². The third-order valence-electron chi connectivity index (χ3n) is 1.84. The highest BCUT2D eigenvalue weighted by Gasteiger charge is 2.06. The average Bonchev–Trinajstić information content (AvgIpc) is 2.65. The van der Waals surface area contributed by atoms with E-state index in [0.29, 0.717) is 12.2 Å². The summed E-state index contributed by atoms with van der Waals surface area (Å²) in [6.07, 6.45) is 1.19. The molecule has 0 bridgehead atoms. The zero-order chi connectivity index (χ0) is 11.3. The van der Waals surface area contributed by atoms with Crippen molar-refractivity contribution in [1.82, 2.24) is 9.78 Å². The molecular formula is C9H15N3O3. The molecule has 0 radical (unpaired) electrons. The number of amides is 1. The Hall–Kier alpha value is -1.40. The summed E-state index contributed by atoms with van der Waals surface area (Å²) in [5.74, 6) is 0.343. The van der Waals surface area contributed by atoms with Gasteiger partial charge in [0.05, 0.1) is 19.3 Å². The summed E-state index contributed by atoms with van der Waals surface area (Å²) in [4.78, 5) is 11.0. The summed E-state index contributed by atoms with van der Waals surface area (Å²) >= 11 is 0. The minimum Gasteiger partial charge on any atom is -0.394 e. The second-order valence-corrected chi connectivity index (χ2v) is 3.16. The first-order valence-corrected chi connectivity index (χ1v) is 4.78. The van der Waals surface area contributed by atoms with E-state index in [1.807, 2.05) is 0 Å². The topological polar surface area (TPSA) is 87.4 Å². The van der Waals surface area contributed by atoms with Crippen molar-refractivity contribution in [2.45, 2.75) is 26.0 Å². The van der Waals surface area contributed by atoms with Crippen LogP contribution in [0.1, 0.15) is 13.3 Å². The molecule has 3 N–H and O–H groups in total. The number of aromatic nitrogens is 2. The Bertz CT molecular complexity index is 324. The molecule has 84 valence electrons. The monoisotopic (exact) mass is 213 g/mol. The molecular weight excluding hydrogens is 198 g/mol. The van der Waals surface area contributed by atoms with Crippen LogP contribution in [0.2, 0.25) is 0 Å². The van der Waals surface area contributed by atoms with Crippen molar-refractivity contribution >= 4 is 11.7 Å². The maximum Gasteiger partial charge on any atom is 0.225 e. The molecule has 0 aromatic carbocycles. The fourth-order valence-electron chi connectivity index (χ4n) is 1.03. The Labute approximate surface area is 87.5 Å². The van der Waals surface area contributed by atoms with Crippen molar-refractivity contribution in [2.24, 2.45) is 0 Å². The van der Waals surface area contributed by atoms with Crippen molar-refractivity contribution in [3.63, 3.8) is 0 Å². The normalized spacial score (nSPS) is 12.5. The summed E-state index contributed by atoms with van der Waals surface area (Å²) in [5.41, 5.74) is 0. The van der Waals surface area contributed by atoms with Gasteiger partial charge in [0, 0.05) is 18.7 Å². The van der Waals surface area contributed by atoms with Gasteiger partial charge in [-0.25, -0.2) is 0 Å². The van der Waals surface area contributed by atoms with Gasteiger partial charge in [0.25, 0.3) is 0 Å². The number of hydrogen-bond acceptors (Lipinski definition) is 4. The van der Waals surface area contributed by atoms with Crippen molar-refractivity contribution < 1.29 is 15.0 Å². The highest BCUT2D eigenvalue weighted by molar-refractivity contribution is 5.89. The van der Waals surface area contributed by atoms with Gasteiger partial charge in [0.2, 0.25) is 5.91 Å². The zero-order valence-corrected chi connectivity index (χ0v) is 8.55. The van der Waals surface area contributed by atoms with Crippen LogP contribution in [-0.2, 0) is 11.3 Å². The first-order chi connectivity index (χ1) is 7.15. The molecule has 6 heteroatoms. The van der Waals surface area contributed by atoms with E-state index in [1.54, 1.807) is 19.2 Å². The molecule has 0 spiro atoms. The molecule has 1 amide bonds. The number of anilines is 1. The molecule has 1 aromatic rings. The minimum atomic E-state index is -0.834. The van der Waals surface area contributed by atoms with E-state index in [1.165, 1.54) is 4.68 Å². The fraction of sp³-hybridized carbons (Fsp3) is 0.556. The number of hydrogen-bond donors (Lipinski definition) is 3. The first kappa shape index (κ1) is 11.7. The fourth-order valence-corrected chi connectivity index (χ4v) is 1.03. The first-order valence-electron chi connectivity index (χ1n) is 4.78. The molecule has 0 aliphatic carbocycles. The molecule has 0 fully saturated rings. The summed E-state index contributed by atoms with van der Waals surface area (Å²) in [6.45, 7) is 1.65. The Morgan fingerprint density at radius 3 is 3.07 bits per heavy atom. The second kappa shape index (κ2) is 5.47. The van der Waals surface area contributed by atoms with Crippen LogP contribution in [0.3, 0.4) is 0 Å². The van der Waals surface area contributed by atoms with Gasteiger partial charge >= 0.3 is 0 Å². The van der Waals surface area contributed by atoms with Gasteiger partial charge in [0.1, 0.15) is 0 Å². The summed E-state index contributed by atoms with van der Waals surface area (Å²) < 4.78 is 1.46. The molecule has 0 saturated heterocycles. The maximum atomic E-state index is 11.0. The molecule has 6 nitrogen and oxygen atoms in total. The number of rotatable bonds is 5. The van der Waals surface area contributed by atoms with Crippen LogP contribution in [0.5, 0.6) is 0 Å². The van der Waals surface area contributed by atoms with Crippen LogP contribution in [0.15, 0.2) is 12.3 Å². The average molecular weight is 213 g/mol. The van der Waals surface area contributed by atoms with Gasteiger partial charge in [0.15, 0.2) is 5.82 Å². The van der Waals surface area contributed by atoms with Crippen molar-refractivity contribution in [3.8, 4) is 0 Å². The Morgan fingerprint density at radius 2 is 2.47 bits per heavy atom. The van der Waals surface area contributed by atoms with Crippen molar-refractivity contribution in [1.29, 1.82) is 0 Å². The van der Waals surface area contributed by atoms with Gasteiger partial charge in [-0.05, 0) is 0 Å². The third kappa shape index (κ3) is 3.69. The van der Waals surface area contributed by atoms with Crippen LogP contribution < -0.4 is 5.32 Å². The number of aliphatic hydroxyl groups excluding tert-OH is 2. The molecule has 0 unspecified atom stereocenters. The summed E-state index contributed by atoms with van der Waals surface area (Å²) in [6, 6.07) is 1.64. The number of carbonyl (C=O) groups is 1. The maximum absolute atomic E-state index is 11.0. The van der Waals surface area contributed by atoms with Gasteiger partial charge < -0.3 is 15.5 Å². The van der Waals surface area contributed by atoms with E-state index in [-0.39, 0.29) is 19.1 Å². The molecule has 15 heavy (non-hydrogen) atoms. The van der Waals surface area contributed by atoms with Crippen LogP contribution >= 0.6 is 0 Å². The summed E-state index contributed by atoms with van der Waals surface area (Å²) in [7, 11) is 0. The van der Waals surface area contributed by atoms with E-state index in [9.17, 15) is 4.79 Å². The standard InChI is InChI=1S/C9H15N3O3/c1-2-9(15)10-8-3-4-12(11-8)5-7(14)6-13/h3-4,7,13-14H,2,5-6H2,1H3,(H,10,11,15)/t7-/m0/s1. The molecule has 0 aliphatic heterocycles. The SMILES string of the molecule is CCC(=O)Nc1ccn(C[C@H](O)CO)n1. The Morgan fingerprint density at radius 1 is 1.73 bits per heavy atom. The van der Waals surface area contributed by atoms with Crippen molar-refractivity contribution in [2.75, 3.05) is 11.9 Å². The predicted octanol–water partition coefficient (Wildman–Crippen LogP) is -0.415. The summed E-state index contributed by atoms with van der Waals surface area (Å²) in [5, 5.41) is 24.4. The minimum absolute atomic E-state index is 0.108. The van der Waals surface area contributed by atoms with Gasteiger partial charge in [-0.3, -0.25) is 9.48 Å². The van der Waals surface area contributed by atoms with Gasteiger partial charge in [-0.15, -0.1) is 0 Å². The van der Waals surface area contributed by atoms with E-state index >= 15 is 0 Å². The van der Waals surface area contributed by atoms with E-state index in [2.05, 4.69) is 10.4 Å². The lowest BCUT2D eigenvalue weighted by Crippen LogP contribution is -2.20. The lowest BCUT2D eigenvalue weighted by atomic mass is 10.4. The van der Waals surface area contributed by atoms with E-state index in [0.717, 1.165) is 0 Å². The number of nitrogens with one attached hydrogen (secondary N) is 1. The smallest absolute Gasteiger partial charge is 0.225 e. The molecule has 1 rings (SSSR count). The lowest BCUT2D eigenvalue weighted by Gasteiger charge is -2.06. The molecule has 1 atom stereocenters. The van der Waals surface area contributed by atoms with Crippen LogP contribution in [-0.4, -0.2) is 38.6 Å². The van der Waals surface area contributed by atoms with E-state index in [4.69, 9.17) is 10.2 Å². The van der Waals surface area contributed by atoms with Crippen LogP contribution in [0.25, 0.3) is 0 Å². The second-order valence-electron chi connectivity index (χ2n) is 3.16. The van der Waals surface area contributed by atoms with Crippen molar-refractivity contribution in [3.05, 3.63) is 12.3 Å². The predicted molar refractivity (Wildman–Crippen MR) is 54.2 cm³/mol. The largest absolute Gasteiger partial charge is 0.394 e. The number of nitrogens with zero attached hydrogens (tertiary/aromatic N) is 2. The number of aliphatic hydroxyl groups is 2. The molecule has 0 aliphatic rings. The Balaban J connectivity index is 2.52. The zero-order valence-electron chi connectivity index (χ0n) is 8.55. The highest BCUT2D eigenvalue weighted by Crippen LogP contribution is 2.03. The van der Waals surface area contributed by atoms with Gasteiger partial charge in [-0.2, -0.15) is 5.10 Å². The molecule has 1 heterocycles. The quantitative estimate of drug-likeness (QED) is 0.620. The van der Waals surface area contributed by atoms with Crippen LogP contribution in [0, 0.1) is 0 Å². The van der Waals surface area contributed by atoms with Crippen LogP contribution in [0.4, 0.5) is 5.82 Å².